The van der Waals surface area contributed by atoms with Crippen LogP contribution in [0.15, 0.2) is 12.2 Å². The van der Waals surface area contributed by atoms with Crippen molar-refractivity contribution < 1.29 is 24.8 Å². The average Bonchev–Trinajstić information content (AvgIpc) is 3.12. The number of unbranched alkanes of at least 4 members (excludes halogenated alkanes) is 13. The summed E-state index contributed by atoms with van der Waals surface area (Å²) in [5, 5.41) is 28.6. The van der Waals surface area contributed by atoms with Crippen LogP contribution in [-0.4, -0.2) is 59.6 Å². The van der Waals surface area contributed by atoms with Gasteiger partial charge in [0, 0.05) is 6.61 Å². The van der Waals surface area contributed by atoms with Gasteiger partial charge in [0.05, 0.1) is 13.2 Å². The van der Waals surface area contributed by atoms with Crippen molar-refractivity contribution in [1.29, 1.82) is 0 Å². The zero-order chi connectivity index (χ0) is 21.9. The van der Waals surface area contributed by atoms with Gasteiger partial charge in [0.15, 0.2) is 0 Å². The number of rotatable bonds is 20. The summed E-state index contributed by atoms with van der Waals surface area (Å²) in [6.45, 7) is 2.68. The molecule has 0 saturated carbocycles. The number of aliphatic hydroxyl groups is 3. The third kappa shape index (κ3) is 13.1. The van der Waals surface area contributed by atoms with Crippen LogP contribution in [0.1, 0.15) is 103 Å². The van der Waals surface area contributed by atoms with Crippen LogP contribution in [0.4, 0.5) is 0 Å². The molecule has 5 heteroatoms. The monoisotopic (exact) mass is 428 g/mol. The molecule has 5 nitrogen and oxygen atoms in total. The molecule has 0 aromatic rings. The molecule has 1 aliphatic heterocycles. The van der Waals surface area contributed by atoms with Crippen LogP contribution in [0, 0.1) is 0 Å². The van der Waals surface area contributed by atoms with E-state index in [1.165, 1.54) is 77.0 Å². The van der Waals surface area contributed by atoms with Crippen LogP contribution in [0.5, 0.6) is 0 Å². The maximum absolute atomic E-state index is 10.1. The van der Waals surface area contributed by atoms with Gasteiger partial charge in [-0.25, -0.2) is 0 Å². The molecule has 3 N–H and O–H groups in total. The van der Waals surface area contributed by atoms with Crippen LogP contribution in [-0.2, 0) is 9.47 Å². The Bertz CT molecular complexity index is 401. The highest BCUT2D eigenvalue weighted by Gasteiger charge is 2.40. The fourth-order valence-corrected chi connectivity index (χ4v) is 3.98. The Kier molecular flexibility index (Phi) is 17.7. The zero-order valence-electron chi connectivity index (χ0n) is 19.4. The Hall–Kier alpha value is -0.460. The molecular formula is C25H48O5. The fourth-order valence-electron chi connectivity index (χ4n) is 3.98. The highest BCUT2D eigenvalue weighted by molar-refractivity contribution is 4.89. The topological polar surface area (TPSA) is 79.2 Å². The van der Waals surface area contributed by atoms with Crippen LogP contribution >= 0.6 is 0 Å². The van der Waals surface area contributed by atoms with Crippen molar-refractivity contribution in [3.8, 4) is 0 Å². The predicted octanol–water partition coefficient (Wildman–Crippen LogP) is 4.91. The van der Waals surface area contributed by atoms with Gasteiger partial charge in [-0.3, -0.25) is 0 Å². The van der Waals surface area contributed by atoms with Crippen molar-refractivity contribution in [2.45, 2.75) is 128 Å². The summed E-state index contributed by atoms with van der Waals surface area (Å²) in [5.74, 6) is 0. The second-order valence-corrected chi connectivity index (χ2v) is 8.74. The smallest absolute Gasteiger partial charge is 0.114 e. The van der Waals surface area contributed by atoms with Crippen molar-refractivity contribution in [1.82, 2.24) is 0 Å². The van der Waals surface area contributed by atoms with Crippen molar-refractivity contribution in [3.63, 3.8) is 0 Å². The maximum atomic E-state index is 10.1. The largest absolute Gasteiger partial charge is 0.394 e. The van der Waals surface area contributed by atoms with Crippen LogP contribution < -0.4 is 0 Å². The first kappa shape index (κ1) is 27.6. The van der Waals surface area contributed by atoms with E-state index in [2.05, 4.69) is 19.1 Å². The van der Waals surface area contributed by atoms with Crippen molar-refractivity contribution in [2.75, 3.05) is 19.8 Å². The number of ether oxygens (including phenoxy) is 2. The lowest BCUT2D eigenvalue weighted by molar-refractivity contribution is -0.0729. The first-order valence-electron chi connectivity index (χ1n) is 12.6. The lowest BCUT2D eigenvalue weighted by Crippen LogP contribution is -2.41. The Balaban J connectivity index is 1.83. The SMILES string of the molecule is CCCCCCCCCCCCCC/C=C/CCCO[C@@H]1CO[C@H]([C@@H](O)CO)[C@@H]1O. The van der Waals surface area contributed by atoms with E-state index in [0.29, 0.717) is 6.61 Å². The predicted molar refractivity (Wildman–Crippen MR) is 123 cm³/mol. The van der Waals surface area contributed by atoms with Crippen molar-refractivity contribution in [2.24, 2.45) is 0 Å². The molecule has 0 aromatic carbocycles. The van der Waals surface area contributed by atoms with Crippen molar-refractivity contribution >= 4 is 0 Å². The molecule has 1 saturated heterocycles. The van der Waals surface area contributed by atoms with Crippen LogP contribution in [0.25, 0.3) is 0 Å². The Morgan fingerprint density at radius 2 is 1.40 bits per heavy atom. The summed E-state index contributed by atoms with van der Waals surface area (Å²) in [7, 11) is 0. The van der Waals surface area contributed by atoms with E-state index in [1.807, 2.05) is 0 Å². The Morgan fingerprint density at radius 3 is 1.97 bits per heavy atom. The van der Waals surface area contributed by atoms with Gasteiger partial charge in [0.1, 0.15) is 24.4 Å². The molecule has 1 aliphatic rings. The molecule has 0 spiro atoms. The van der Waals surface area contributed by atoms with Gasteiger partial charge in [-0.15, -0.1) is 0 Å². The van der Waals surface area contributed by atoms with E-state index in [-0.39, 0.29) is 6.61 Å². The minimum Gasteiger partial charge on any atom is -0.394 e. The summed E-state index contributed by atoms with van der Waals surface area (Å²) >= 11 is 0. The minimum atomic E-state index is -1.06. The third-order valence-electron chi connectivity index (χ3n) is 5.97. The maximum Gasteiger partial charge on any atom is 0.114 e. The standard InChI is InChI=1S/C25H48O5/c1-2-3-4-5-6-7-8-9-10-11-12-13-14-15-16-17-18-19-29-23-21-30-25(24(23)28)22(27)20-26/h15-16,22-28H,2-14,17-21H2,1H3/b16-15+/t22-,23+,24+,25+/m0/s1. The van der Waals surface area contributed by atoms with E-state index in [1.54, 1.807) is 0 Å². The van der Waals surface area contributed by atoms with E-state index in [4.69, 9.17) is 14.6 Å². The van der Waals surface area contributed by atoms with E-state index >= 15 is 0 Å². The van der Waals surface area contributed by atoms with E-state index < -0.39 is 31.0 Å². The van der Waals surface area contributed by atoms with Crippen LogP contribution in [0.3, 0.4) is 0 Å². The number of hydrogen-bond acceptors (Lipinski definition) is 5. The molecule has 0 aromatic heterocycles. The summed E-state index contributed by atoms with van der Waals surface area (Å²) in [6, 6.07) is 0. The highest BCUT2D eigenvalue weighted by atomic mass is 16.6. The Labute approximate surface area is 184 Å². The quantitative estimate of drug-likeness (QED) is 0.190. The molecule has 4 atom stereocenters. The molecule has 1 heterocycles. The summed E-state index contributed by atoms with van der Waals surface area (Å²) in [5.41, 5.74) is 0. The zero-order valence-corrected chi connectivity index (χ0v) is 19.4. The second kappa shape index (κ2) is 19.2. The van der Waals surface area contributed by atoms with Gasteiger partial charge >= 0.3 is 0 Å². The minimum absolute atomic E-state index is 0.262. The molecule has 1 rings (SSSR count). The van der Waals surface area contributed by atoms with Crippen LogP contribution in [0.2, 0.25) is 0 Å². The summed E-state index contributed by atoms with van der Waals surface area (Å²) in [6.07, 6.45) is 21.1. The number of aliphatic hydroxyl groups excluding tert-OH is 3. The molecule has 0 radical (unpaired) electrons. The number of hydrogen-bond donors (Lipinski definition) is 3. The number of allylic oxidation sites excluding steroid dienone is 2. The third-order valence-corrected chi connectivity index (χ3v) is 5.97. The molecule has 1 fully saturated rings. The van der Waals surface area contributed by atoms with E-state index in [9.17, 15) is 10.2 Å². The molecule has 0 bridgehead atoms. The second-order valence-electron chi connectivity index (χ2n) is 8.74. The molecule has 178 valence electrons. The van der Waals surface area contributed by atoms with E-state index in [0.717, 1.165) is 19.3 Å². The average molecular weight is 429 g/mol. The molecule has 0 unspecified atom stereocenters. The normalized spacial score (nSPS) is 22.9. The summed E-state index contributed by atoms with van der Waals surface area (Å²) < 4.78 is 11.0. The van der Waals surface area contributed by atoms with Gasteiger partial charge < -0.3 is 24.8 Å². The molecule has 30 heavy (non-hydrogen) atoms. The van der Waals surface area contributed by atoms with Gasteiger partial charge in [0.25, 0.3) is 0 Å². The van der Waals surface area contributed by atoms with Gasteiger partial charge in [-0.1, -0.05) is 89.7 Å². The highest BCUT2D eigenvalue weighted by Crippen LogP contribution is 2.20. The molecule has 0 amide bonds. The molecular weight excluding hydrogens is 380 g/mol. The Morgan fingerprint density at radius 1 is 0.867 bits per heavy atom. The summed E-state index contributed by atoms with van der Waals surface area (Å²) in [4.78, 5) is 0. The van der Waals surface area contributed by atoms with Gasteiger partial charge in [-0.2, -0.15) is 0 Å². The van der Waals surface area contributed by atoms with Crippen molar-refractivity contribution in [3.05, 3.63) is 12.2 Å². The fraction of sp³-hybridized carbons (Fsp3) is 0.920. The van der Waals surface area contributed by atoms with Gasteiger partial charge in [0.2, 0.25) is 0 Å². The molecule has 0 aliphatic carbocycles. The first-order chi connectivity index (χ1) is 14.7. The van der Waals surface area contributed by atoms with Gasteiger partial charge in [-0.05, 0) is 25.7 Å². The first-order valence-corrected chi connectivity index (χ1v) is 12.6. The lowest BCUT2D eigenvalue weighted by atomic mass is 10.0. The lowest BCUT2D eigenvalue weighted by Gasteiger charge is -2.20.